The molecule has 2 aromatic rings. The summed E-state index contributed by atoms with van der Waals surface area (Å²) in [6, 6.07) is 13.2. The molecule has 6 heteroatoms. The fourth-order valence-corrected chi connectivity index (χ4v) is 1.34. The molecule has 0 unspecified atom stereocenters. The molecule has 0 saturated heterocycles. The first-order valence-corrected chi connectivity index (χ1v) is 5.71. The first-order valence-electron chi connectivity index (χ1n) is 5.71. The van der Waals surface area contributed by atoms with Crippen molar-refractivity contribution >= 4 is 23.2 Å². The predicted octanol–water partition coefficient (Wildman–Crippen LogP) is 0.735. The highest BCUT2D eigenvalue weighted by Crippen LogP contribution is 2.10. The molecule has 0 aliphatic rings. The van der Waals surface area contributed by atoms with Gasteiger partial charge in [-0.15, -0.1) is 0 Å². The molecule has 20 heavy (non-hydrogen) atoms. The molecular weight excluding hydrogens is 256 g/mol. The second kappa shape index (κ2) is 6.79. The number of hydrogen-bond donors (Lipinski definition) is 4. The molecule has 0 radical (unpaired) electrons. The summed E-state index contributed by atoms with van der Waals surface area (Å²) in [5, 5.41) is 0. The van der Waals surface area contributed by atoms with E-state index < -0.39 is 11.8 Å². The predicted molar refractivity (Wildman–Crippen MR) is 78.7 cm³/mol. The first kappa shape index (κ1) is 15.0. The summed E-state index contributed by atoms with van der Waals surface area (Å²) in [4.78, 5) is 21.3. The van der Waals surface area contributed by atoms with Crippen molar-refractivity contribution in [2.75, 3.05) is 11.5 Å². The smallest absolute Gasteiger partial charge is 0.248 e. The molecule has 0 aromatic heterocycles. The summed E-state index contributed by atoms with van der Waals surface area (Å²) >= 11 is 0. The third-order valence-electron chi connectivity index (χ3n) is 2.43. The zero-order valence-corrected chi connectivity index (χ0v) is 10.7. The maximum atomic E-state index is 10.6. The molecule has 0 spiro atoms. The van der Waals surface area contributed by atoms with Gasteiger partial charge >= 0.3 is 0 Å². The molecule has 6 nitrogen and oxygen atoms in total. The van der Waals surface area contributed by atoms with E-state index in [-0.39, 0.29) is 11.1 Å². The Balaban J connectivity index is 0.000000217. The van der Waals surface area contributed by atoms with Crippen LogP contribution in [0.3, 0.4) is 0 Å². The highest BCUT2D eigenvalue weighted by molar-refractivity contribution is 5.98. The molecule has 2 aromatic carbocycles. The molecule has 0 bridgehead atoms. The van der Waals surface area contributed by atoms with Crippen LogP contribution in [0.25, 0.3) is 0 Å². The van der Waals surface area contributed by atoms with Gasteiger partial charge in [-0.05, 0) is 30.3 Å². The number of rotatable bonds is 2. The summed E-state index contributed by atoms with van der Waals surface area (Å²) in [5.74, 6) is -1.14. The van der Waals surface area contributed by atoms with Crippen LogP contribution >= 0.6 is 0 Å². The fourth-order valence-electron chi connectivity index (χ4n) is 1.34. The lowest BCUT2D eigenvalue weighted by Gasteiger charge is -1.97. The molecule has 0 aliphatic carbocycles. The van der Waals surface area contributed by atoms with Gasteiger partial charge in [0.2, 0.25) is 11.8 Å². The standard InChI is InChI=1S/C8H8N2O2.C6H8N2/c9-7(11)5-2-1-3-6(4-5)8(10)12;7-5-3-1-2-4-6(5)8/h1-4H,(H2,9,11)(H2,10,12);1-4H,7-8H2. The minimum Gasteiger partial charge on any atom is -0.397 e. The van der Waals surface area contributed by atoms with E-state index in [1.807, 2.05) is 12.1 Å². The van der Waals surface area contributed by atoms with Crippen molar-refractivity contribution in [1.82, 2.24) is 0 Å². The summed E-state index contributed by atoms with van der Waals surface area (Å²) in [7, 11) is 0. The van der Waals surface area contributed by atoms with Crippen molar-refractivity contribution in [1.29, 1.82) is 0 Å². The Bertz CT molecular complexity index is 576. The average molecular weight is 272 g/mol. The number of nitrogen functional groups attached to an aromatic ring is 2. The molecule has 0 aliphatic heterocycles. The van der Waals surface area contributed by atoms with Gasteiger partial charge in [0.15, 0.2) is 0 Å². The average Bonchev–Trinajstić information content (AvgIpc) is 2.43. The van der Waals surface area contributed by atoms with Gasteiger partial charge in [-0.3, -0.25) is 9.59 Å². The van der Waals surface area contributed by atoms with Crippen LogP contribution in [0.1, 0.15) is 20.7 Å². The van der Waals surface area contributed by atoms with E-state index >= 15 is 0 Å². The molecule has 2 rings (SSSR count). The van der Waals surface area contributed by atoms with Gasteiger partial charge in [0.1, 0.15) is 0 Å². The quantitative estimate of drug-likeness (QED) is 0.598. The number of carbonyl (C=O) groups excluding carboxylic acids is 2. The monoisotopic (exact) mass is 272 g/mol. The maximum Gasteiger partial charge on any atom is 0.248 e. The second-order valence-electron chi connectivity index (χ2n) is 3.94. The summed E-state index contributed by atoms with van der Waals surface area (Å²) in [6.45, 7) is 0. The van der Waals surface area contributed by atoms with E-state index in [1.54, 1.807) is 18.2 Å². The molecule has 2 amide bonds. The van der Waals surface area contributed by atoms with Gasteiger partial charge in [0, 0.05) is 11.1 Å². The number of hydrogen-bond acceptors (Lipinski definition) is 4. The SMILES string of the molecule is NC(=O)c1cccc(C(N)=O)c1.Nc1ccccc1N. The van der Waals surface area contributed by atoms with Crippen molar-refractivity contribution in [3.63, 3.8) is 0 Å². The van der Waals surface area contributed by atoms with Crippen molar-refractivity contribution in [3.05, 3.63) is 59.7 Å². The van der Waals surface area contributed by atoms with E-state index in [9.17, 15) is 9.59 Å². The summed E-state index contributed by atoms with van der Waals surface area (Å²) in [6.07, 6.45) is 0. The Morgan fingerprint density at radius 3 is 1.40 bits per heavy atom. The van der Waals surface area contributed by atoms with Gasteiger partial charge in [0.05, 0.1) is 11.4 Å². The number of benzene rings is 2. The van der Waals surface area contributed by atoms with Crippen molar-refractivity contribution in [2.24, 2.45) is 11.5 Å². The Kier molecular flexibility index (Phi) is 5.11. The first-order chi connectivity index (χ1) is 9.41. The van der Waals surface area contributed by atoms with Gasteiger partial charge in [-0.2, -0.15) is 0 Å². The van der Waals surface area contributed by atoms with Crippen molar-refractivity contribution in [3.8, 4) is 0 Å². The van der Waals surface area contributed by atoms with E-state index in [4.69, 9.17) is 22.9 Å². The minimum atomic E-state index is -0.571. The normalized spacial score (nSPS) is 9.20. The zero-order chi connectivity index (χ0) is 15.1. The fraction of sp³-hybridized carbons (Fsp3) is 0. The molecule has 104 valence electrons. The van der Waals surface area contributed by atoms with E-state index in [2.05, 4.69) is 0 Å². The molecule has 8 N–H and O–H groups in total. The van der Waals surface area contributed by atoms with Crippen molar-refractivity contribution < 1.29 is 9.59 Å². The van der Waals surface area contributed by atoms with Crippen LogP contribution in [-0.2, 0) is 0 Å². The highest BCUT2D eigenvalue weighted by Gasteiger charge is 2.03. The molecular formula is C14H16N4O2. The number of para-hydroxylation sites is 2. The third kappa shape index (κ3) is 4.34. The Morgan fingerprint density at radius 2 is 1.10 bits per heavy atom. The van der Waals surface area contributed by atoms with Crippen LogP contribution in [0.15, 0.2) is 48.5 Å². The van der Waals surface area contributed by atoms with Gasteiger partial charge in [-0.1, -0.05) is 18.2 Å². The lowest BCUT2D eigenvalue weighted by atomic mass is 10.1. The maximum absolute atomic E-state index is 10.6. The highest BCUT2D eigenvalue weighted by atomic mass is 16.1. The Labute approximate surface area is 116 Å². The Morgan fingerprint density at radius 1 is 0.700 bits per heavy atom. The van der Waals surface area contributed by atoms with E-state index in [0.29, 0.717) is 11.4 Å². The number of primary amides is 2. The van der Waals surface area contributed by atoms with E-state index in [0.717, 1.165) is 0 Å². The number of nitrogens with two attached hydrogens (primary N) is 4. The molecule has 0 heterocycles. The van der Waals surface area contributed by atoms with Crippen LogP contribution in [0.2, 0.25) is 0 Å². The minimum absolute atomic E-state index is 0.284. The van der Waals surface area contributed by atoms with Crippen molar-refractivity contribution in [2.45, 2.75) is 0 Å². The van der Waals surface area contributed by atoms with Gasteiger partial charge in [-0.25, -0.2) is 0 Å². The van der Waals surface area contributed by atoms with Crippen LogP contribution in [-0.4, -0.2) is 11.8 Å². The summed E-state index contributed by atoms with van der Waals surface area (Å²) in [5.41, 5.74) is 22.6. The van der Waals surface area contributed by atoms with Gasteiger partial charge in [0.25, 0.3) is 0 Å². The van der Waals surface area contributed by atoms with Crippen LogP contribution in [0.4, 0.5) is 11.4 Å². The molecule has 0 fully saturated rings. The van der Waals surface area contributed by atoms with E-state index in [1.165, 1.54) is 18.2 Å². The van der Waals surface area contributed by atoms with Crippen LogP contribution < -0.4 is 22.9 Å². The second-order valence-corrected chi connectivity index (χ2v) is 3.94. The zero-order valence-electron chi connectivity index (χ0n) is 10.7. The molecule has 0 atom stereocenters. The number of amides is 2. The molecule has 0 saturated carbocycles. The lowest BCUT2D eigenvalue weighted by molar-refractivity contribution is 0.0999. The topological polar surface area (TPSA) is 138 Å². The number of anilines is 2. The van der Waals surface area contributed by atoms with Gasteiger partial charge < -0.3 is 22.9 Å². The van der Waals surface area contributed by atoms with Crippen LogP contribution in [0.5, 0.6) is 0 Å². The third-order valence-corrected chi connectivity index (χ3v) is 2.43. The Hall–Kier alpha value is -3.02. The largest absolute Gasteiger partial charge is 0.397 e. The van der Waals surface area contributed by atoms with Crippen LogP contribution in [0, 0.1) is 0 Å². The summed E-state index contributed by atoms with van der Waals surface area (Å²) < 4.78 is 0. The number of carbonyl (C=O) groups is 2. The lowest BCUT2D eigenvalue weighted by Crippen LogP contribution is -2.14.